The first kappa shape index (κ1) is 18.1. The third-order valence-electron chi connectivity index (χ3n) is 4.44. The summed E-state index contributed by atoms with van der Waals surface area (Å²) in [5, 5.41) is 8.28. The second kappa shape index (κ2) is 7.78. The summed E-state index contributed by atoms with van der Waals surface area (Å²) in [6.07, 6.45) is 0.189. The first-order chi connectivity index (χ1) is 13.6. The maximum atomic E-state index is 12.3. The predicted octanol–water partition coefficient (Wildman–Crippen LogP) is 4.52. The number of aromatic nitrogens is 1. The summed E-state index contributed by atoms with van der Waals surface area (Å²) in [5.41, 5.74) is 2.61. The lowest BCUT2D eigenvalue weighted by Gasteiger charge is -2.06. The number of rotatable bonds is 5. The number of benzene rings is 3. The first-order valence-electron chi connectivity index (χ1n) is 9.02. The van der Waals surface area contributed by atoms with Crippen LogP contribution in [0.25, 0.3) is 21.0 Å². The minimum absolute atomic E-state index is 0.172. The maximum absolute atomic E-state index is 12.3. The minimum atomic E-state index is -0.186. The highest BCUT2D eigenvalue weighted by atomic mass is 32.1. The fourth-order valence-electron chi connectivity index (χ4n) is 2.99. The average Bonchev–Trinajstić information content (AvgIpc) is 3.08. The summed E-state index contributed by atoms with van der Waals surface area (Å²) < 4.78 is 1.04. The molecule has 1 aromatic heterocycles. The lowest BCUT2D eigenvalue weighted by atomic mass is 10.1. The van der Waals surface area contributed by atoms with Gasteiger partial charge in [-0.3, -0.25) is 9.59 Å². The van der Waals surface area contributed by atoms with Crippen molar-refractivity contribution >= 4 is 49.3 Å². The van der Waals surface area contributed by atoms with Crippen LogP contribution < -0.4 is 10.6 Å². The molecule has 2 amide bonds. The van der Waals surface area contributed by atoms with Gasteiger partial charge in [-0.1, -0.05) is 47.7 Å². The Hall–Kier alpha value is -3.25. The number of fused-ring (bicyclic) bond motifs is 2. The van der Waals surface area contributed by atoms with Gasteiger partial charge in [0.2, 0.25) is 5.91 Å². The molecule has 2 N–H and O–H groups in total. The van der Waals surface area contributed by atoms with Gasteiger partial charge in [-0.15, -0.1) is 0 Å². The van der Waals surface area contributed by atoms with Crippen LogP contribution in [0.15, 0.2) is 60.7 Å². The smallest absolute Gasteiger partial charge is 0.251 e. The van der Waals surface area contributed by atoms with Gasteiger partial charge in [-0.05, 0) is 47.5 Å². The van der Waals surface area contributed by atoms with Crippen LogP contribution in [0.2, 0.25) is 0 Å². The SMILES string of the molecule is Cc1ccc2nc(NC(=O)CCNC(=O)c3ccc4ccccc4c3)sc2c1. The highest BCUT2D eigenvalue weighted by Crippen LogP contribution is 2.26. The number of nitrogens with one attached hydrogen (secondary N) is 2. The quantitative estimate of drug-likeness (QED) is 0.527. The van der Waals surface area contributed by atoms with E-state index in [0.29, 0.717) is 10.7 Å². The van der Waals surface area contributed by atoms with Crippen molar-refractivity contribution in [2.24, 2.45) is 0 Å². The summed E-state index contributed by atoms with van der Waals surface area (Å²) in [5.74, 6) is -0.358. The number of amides is 2. The summed E-state index contributed by atoms with van der Waals surface area (Å²) in [6.45, 7) is 2.29. The number of carbonyl (C=O) groups excluding carboxylic acids is 2. The largest absolute Gasteiger partial charge is 0.352 e. The molecular formula is C22H19N3O2S. The minimum Gasteiger partial charge on any atom is -0.352 e. The van der Waals surface area contributed by atoms with Crippen LogP contribution >= 0.6 is 11.3 Å². The fraction of sp³-hybridized carbons (Fsp3) is 0.136. The average molecular weight is 389 g/mol. The number of hydrogen-bond donors (Lipinski definition) is 2. The monoisotopic (exact) mass is 389 g/mol. The number of thiazole rings is 1. The zero-order chi connectivity index (χ0) is 19.5. The molecule has 140 valence electrons. The summed E-state index contributed by atoms with van der Waals surface area (Å²) >= 11 is 1.45. The molecule has 0 unspecified atom stereocenters. The van der Waals surface area contributed by atoms with E-state index in [-0.39, 0.29) is 24.8 Å². The molecule has 5 nitrogen and oxygen atoms in total. The van der Waals surface area contributed by atoms with E-state index in [0.717, 1.165) is 26.6 Å². The van der Waals surface area contributed by atoms with Crippen LogP contribution in [0, 0.1) is 6.92 Å². The van der Waals surface area contributed by atoms with Crippen molar-refractivity contribution < 1.29 is 9.59 Å². The van der Waals surface area contributed by atoms with Gasteiger partial charge in [-0.25, -0.2) is 4.98 Å². The standard InChI is InChI=1S/C22H19N3O2S/c1-14-6-9-18-19(12-14)28-22(24-18)25-20(26)10-11-23-21(27)17-8-7-15-4-2-3-5-16(15)13-17/h2-9,12-13H,10-11H2,1H3,(H,23,27)(H,24,25,26). The van der Waals surface area contributed by atoms with Crippen molar-refractivity contribution in [3.63, 3.8) is 0 Å². The number of anilines is 1. The molecule has 6 heteroatoms. The van der Waals surface area contributed by atoms with E-state index in [2.05, 4.69) is 15.6 Å². The fourth-order valence-corrected chi connectivity index (χ4v) is 3.97. The van der Waals surface area contributed by atoms with Crippen molar-refractivity contribution in [1.29, 1.82) is 0 Å². The third-order valence-corrected chi connectivity index (χ3v) is 5.37. The molecule has 4 rings (SSSR count). The van der Waals surface area contributed by atoms with Gasteiger partial charge >= 0.3 is 0 Å². The Bertz CT molecular complexity index is 1180. The van der Waals surface area contributed by atoms with Crippen LogP contribution in [-0.4, -0.2) is 23.3 Å². The van der Waals surface area contributed by atoms with Gasteiger partial charge < -0.3 is 10.6 Å². The lowest BCUT2D eigenvalue weighted by Crippen LogP contribution is -2.27. The van der Waals surface area contributed by atoms with Crippen LogP contribution in [0.5, 0.6) is 0 Å². The highest BCUT2D eigenvalue weighted by Gasteiger charge is 2.10. The number of carbonyl (C=O) groups is 2. The topological polar surface area (TPSA) is 71.1 Å². The van der Waals surface area contributed by atoms with Crippen molar-refractivity contribution in [3.05, 3.63) is 71.8 Å². The third kappa shape index (κ3) is 4.02. The van der Waals surface area contributed by atoms with E-state index in [4.69, 9.17) is 0 Å². The summed E-state index contributed by atoms with van der Waals surface area (Å²) in [7, 11) is 0. The Morgan fingerprint density at radius 3 is 2.68 bits per heavy atom. The van der Waals surface area contributed by atoms with Crippen molar-refractivity contribution in [3.8, 4) is 0 Å². The molecule has 0 radical (unpaired) electrons. The molecule has 4 aromatic rings. The van der Waals surface area contributed by atoms with Gasteiger partial charge in [0.15, 0.2) is 5.13 Å². The Morgan fingerprint density at radius 1 is 1.00 bits per heavy atom. The van der Waals surface area contributed by atoms with Gasteiger partial charge in [0.05, 0.1) is 10.2 Å². The molecule has 0 atom stereocenters. The molecule has 0 saturated carbocycles. The Balaban J connectivity index is 1.32. The molecule has 1 heterocycles. The highest BCUT2D eigenvalue weighted by molar-refractivity contribution is 7.22. The summed E-state index contributed by atoms with van der Waals surface area (Å²) in [6, 6.07) is 19.4. The van der Waals surface area contributed by atoms with E-state index in [9.17, 15) is 9.59 Å². The zero-order valence-corrected chi connectivity index (χ0v) is 16.2. The molecule has 0 aliphatic heterocycles. The number of nitrogens with zero attached hydrogens (tertiary/aromatic N) is 1. The van der Waals surface area contributed by atoms with E-state index >= 15 is 0 Å². The predicted molar refractivity (Wildman–Crippen MR) is 114 cm³/mol. The Labute approximate surface area is 166 Å². The number of hydrogen-bond acceptors (Lipinski definition) is 4. The number of aryl methyl sites for hydroxylation is 1. The maximum Gasteiger partial charge on any atom is 0.251 e. The lowest BCUT2D eigenvalue weighted by molar-refractivity contribution is -0.116. The van der Waals surface area contributed by atoms with Crippen LogP contribution in [0.1, 0.15) is 22.3 Å². The van der Waals surface area contributed by atoms with Crippen molar-refractivity contribution in [2.75, 3.05) is 11.9 Å². The van der Waals surface area contributed by atoms with Crippen LogP contribution in [0.4, 0.5) is 5.13 Å². The van der Waals surface area contributed by atoms with Crippen molar-refractivity contribution in [1.82, 2.24) is 10.3 Å². The van der Waals surface area contributed by atoms with E-state index in [1.807, 2.05) is 61.5 Å². The van der Waals surface area contributed by atoms with Gasteiger partial charge in [0.1, 0.15) is 0 Å². The molecule has 0 bridgehead atoms. The van der Waals surface area contributed by atoms with Gasteiger partial charge in [0.25, 0.3) is 5.91 Å². The Kier molecular flexibility index (Phi) is 5.04. The molecule has 0 fully saturated rings. The second-order valence-corrected chi connectivity index (χ2v) is 7.64. The zero-order valence-electron chi connectivity index (χ0n) is 15.4. The molecule has 3 aromatic carbocycles. The molecule has 0 aliphatic carbocycles. The second-order valence-electron chi connectivity index (χ2n) is 6.61. The van der Waals surface area contributed by atoms with Gasteiger partial charge in [-0.2, -0.15) is 0 Å². The summed E-state index contributed by atoms with van der Waals surface area (Å²) in [4.78, 5) is 28.9. The normalized spacial score (nSPS) is 10.9. The van der Waals surface area contributed by atoms with Crippen LogP contribution in [0.3, 0.4) is 0 Å². The van der Waals surface area contributed by atoms with E-state index in [1.165, 1.54) is 11.3 Å². The molecular weight excluding hydrogens is 370 g/mol. The molecule has 0 spiro atoms. The van der Waals surface area contributed by atoms with Crippen molar-refractivity contribution in [2.45, 2.75) is 13.3 Å². The van der Waals surface area contributed by atoms with E-state index < -0.39 is 0 Å². The van der Waals surface area contributed by atoms with Gasteiger partial charge in [0, 0.05) is 18.5 Å². The Morgan fingerprint density at radius 2 is 1.82 bits per heavy atom. The van der Waals surface area contributed by atoms with Crippen LogP contribution in [-0.2, 0) is 4.79 Å². The van der Waals surface area contributed by atoms with E-state index in [1.54, 1.807) is 6.07 Å². The molecule has 0 aliphatic rings. The molecule has 0 saturated heterocycles. The first-order valence-corrected chi connectivity index (χ1v) is 9.84. The molecule has 28 heavy (non-hydrogen) atoms.